The third-order valence-corrected chi connectivity index (χ3v) is 5.01. The minimum atomic E-state index is 0.468. The van der Waals surface area contributed by atoms with Crippen molar-refractivity contribution in [2.45, 2.75) is 58.9 Å². The Labute approximate surface area is 122 Å². The van der Waals surface area contributed by atoms with Crippen molar-refractivity contribution in [3.05, 3.63) is 23.8 Å². The van der Waals surface area contributed by atoms with E-state index in [1.54, 1.807) is 0 Å². The molecule has 0 bridgehead atoms. The van der Waals surface area contributed by atoms with Gasteiger partial charge in [0.05, 0.1) is 6.61 Å². The highest BCUT2D eigenvalue weighted by Gasteiger charge is 2.29. The molecule has 1 heterocycles. The van der Waals surface area contributed by atoms with E-state index in [-0.39, 0.29) is 0 Å². The monoisotopic (exact) mass is 273 g/mol. The number of hydrogen-bond donors (Lipinski definition) is 1. The van der Waals surface area contributed by atoms with Crippen molar-refractivity contribution in [2.75, 3.05) is 11.9 Å². The van der Waals surface area contributed by atoms with Crippen molar-refractivity contribution in [3.8, 4) is 5.75 Å². The second kappa shape index (κ2) is 5.31. The summed E-state index contributed by atoms with van der Waals surface area (Å²) < 4.78 is 5.57. The first-order chi connectivity index (χ1) is 9.52. The Morgan fingerprint density at radius 1 is 1.10 bits per heavy atom. The molecule has 2 nitrogen and oxygen atoms in total. The summed E-state index contributed by atoms with van der Waals surface area (Å²) in [4.78, 5) is 0. The molecule has 1 saturated carbocycles. The molecule has 0 spiro atoms. The van der Waals surface area contributed by atoms with E-state index in [4.69, 9.17) is 4.74 Å². The Morgan fingerprint density at radius 2 is 1.85 bits per heavy atom. The molecule has 110 valence electrons. The smallest absolute Gasteiger partial charge is 0.122 e. The highest BCUT2D eigenvalue weighted by atomic mass is 16.5. The highest BCUT2D eigenvalue weighted by molar-refractivity contribution is 5.53. The van der Waals surface area contributed by atoms with Gasteiger partial charge in [-0.2, -0.15) is 0 Å². The maximum absolute atomic E-state index is 5.57. The summed E-state index contributed by atoms with van der Waals surface area (Å²) in [5.74, 6) is 1.96. The fourth-order valence-corrected chi connectivity index (χ4v) is 3.62. The van der Waals surface area contributed by atoms with Crippen molar-refractivity contribution in [2.24, 2.45) is 11.3 Å². The standard InChI is InChI=1S/C18H27NO/c1-18(2,3)14-4-6-15(7-5-14)19-16-8-9-17-13(12-16)10-11-20-17/h8-9,12,14-15,19H,4-7,10-11H2,1-3H3. The maximum atomic E-state index is 5.57. The molecule has 2 heteroatoms. The lowest BCUT2D eigenvalue weighted by atomic mass is 9.71. The number of nitrogens with one attached hydrogen (secondary N) is 1. The number of ether oxygens (including phenoxy) is 1. The minimum absolute atomic E-state index is 0.468. The van der Waals surface area contributed by atoms with Crippen molar-refractivity contribution >= 4 is 5.69 Å². The summed E-state index contributed by atoms with van der Waals surface area (Å²) >= 11 is 0. The second-order valence-electron chi connectivity index (χ2n) is 7.48. The third kappa shape index (κ3) is 2.94. The van der Waals surface area contributed by atoms with Crippen LogP contribution >= 0.6 is 0 Å². The van der Waals surface area contributed by atoms with Crippen LogP contribution in [-0.4, -0.2) is 12.6 Å². The molecule has 1 aliphatic heterocycles. The van der Waals surface area contributed by atoms with E-state index in [0.717, 1.165) is 24.7 Å². The van der Waals surface area contributed by atoms with E-state index < -0.39 is 0 Å². The quantitative estimate of drug-likeness (QED) is 0.847. The second-order valence-corrected chi connectivity index (χ2v) is 7.48. The predicted octanol–water partition coefficient (Wildman–Crippen LogP) is 4.64. The first kappa shape index (κ1) is 13.8. The molecule has 20 heavy (non-hydrogen) atoms. The zero-order chi connectivity index (χ0) is 14.2. The summed E-state index contributed by atoms with van der Waals surface area (Å²) in [5.41, 5.74) is 3.10. The molecule has 0 unspecified atom stereocenters. The van der Waals surface area contributed by atoms with Gasteiger partial charge in [-0.25, -0.2) is 0 Å². The Bertz CT molecular complexity index is 467. The zero-order valence-electron chi connectivity index (χ0n) is 13.0. The van der Waals surface area contributed by atoms with Gasteiger partial charge >= 0.3 is 0 Å². The molecule has 1 aromatic rings. The molecule has 1 fully saturated rings. The van der Waals surface area contributed by atoms with Crippen LogP contribution in [0.4, 0.5) is 5.69 Å². The Morgan fingerprint density at radius 3 is 2.55 bits per heavy atom. The van der Waals surface area contributed by atoms with E-state index in [9.17, 15) is 0 Å². The van der Waals surface area contributed by atoms with E-state index in [1.807, 2.05) is 0 Å². The van der Waals surface area contributed by atoms with E-state index in [1.165, 1.54) is 36.9 Å². The first-order valence-electron chi connectivity index (χ1n) is 8.04. The van der Waals surface area contributed by atoms with Crippen molar-refractivity contribution in [3.63, 3.8) is 0 Å². The number of fused-ring (bicyclic) bond motifs is 1. The van der Waals surface area contributed by atoms with Gasteiger partial charge in [-0.15, -0.1) is 0 Å². The molecule has 1 aromatic carbocycles. The van der Waals surface area contributed by atoms with Gasteiger partial charge in [-0.05, 0) is 60.8 Å². The van der Waals surface area contributed by atoms with Gasteiger partial charge in [-0.1, -0.05) is 20.8 Å². The SMILES string of the molecule is CC(C)(C)C1CCC(Nc2ccc3c(c2)CCO3)CC1. The lowest BCUT2D eigenvalue weighted by Gasteiger charge is -2.37. The summed E-state index contributed by atoms with van der Waals surface area (Å²) in [5, 5.41) is 3.73. The molecule has 0 atom stereocenters. The fraction of sp³-hybridized carbons (Fsp3) is 0.667. The molecule has 1 N–H and O–H groups in total. The molecule has 1 aliphatic carbocycles. The van der Waals surface area contributed by atoms with Crippen molar-refractivity contribution in [1.82, 2.24) is 0 Å². The van der Waals surface area contributed by atoms with Gasteiger partial charge in [0.15, 0.2) is 0 Å². The Hall–Kier alpha value is -1.18. The molecule has 3 rings (SSSR count). The van der Waals surface area contributed by atoms with E-state index >= 15 is 0 Å². The summed E-state index contributed by atoms with van der Waals surface area (Å²) in [6.45, 7) is 7.99. The van der Waals surface area contributed by atoms with Crippen LogP contribution in [0.5, 0.6) is 5.75 Å². The normalized spacial score (nSPS) is 25.9. The largest absolute Gasteiger partial charge is 0.493 e. The Balaban J connectivity index is 1.57. The van der Waals surface area contributed by atoms with Crippen molar-refractivity contribution < 1.29 is 4.74 Å². The fourth-order valence-electron chi connectivity index (χ4n) is 3.62. The van der Waals surface area contributed by atoms with Gasteiger partial charge in [0.25, 0.3) is 0 Å². The topological polar surface area (TPSA) is 21.3 Å². The molecule has 0 radical (unpaired) electrons. The van der Waals surface area contributed by atoms with E-state index in [0.29, 0.717) is 11.5 Å². The number of anilines is 1. The van der Waals surface area contributed by atoms with Crippen LogP contribution in [0.25, 0.3) is 0 Å². The maximum Gasteiger partial charge on any atom is 0.122 e. The van der Waals surface area contributed by atoms with Gasteiger partial charge in [0.1, 0.15) is 5.75 Å². The van der Waals surface area contributed by atoms with Gasteiger partial charge in [0.2, 0.25) is 0 Å². The van der Waals surface area contributed by atoms with Crippen LogP contribution in [0, 0.1) is 11.3 Å². The molecule has 2 aliphatic rings. The summed E-state index contributed by atoms with van der Waals surface area (Å²) in [6.07, 6.45) is 6.37. The van der Waals surface area contributed by atoms with Crippen LogP contribution in [0.2, 0.25) is 0 Å². The number of benzene rings is 1. The summed E-state index contributed by atoms with van der Waals surface area (Å²) in [6, 6.07) is 7.21. The Kier molecular flexibility index (Phi) is 3.66. The molecular weight excluding hydrogens is 246 g/mol. The zero-order valence-corrected chi connectivity index (χ0v) is 13.0. The van der Waals surface area contributed by atoms with Crippen LogP contribution in [0.15, 0.2) is 18.2 Å². The number of rotatable bonds is 2. The van der Waals surface area contributed by atoms with Crippen LogP contribution in [0.3, 0.4) is 0 Å². The average molecular weight is 273 g/mol. The van der Waals surface area contributed by atoms with Gasteiger partial charge in [0, 0.05) is 18.2 Å². The lowest BCUT2D eigenvalue weighted by molar-refractivity contribution is 0.173. The van der Waals surface area contributed by atoms with Gasteiger partial charge in [-0.3, -0.25) is 0 Å². The van der Waals surface area contributed by atoms with Crippen LogP contribution in [0.1, 0.15) is 52.0 Å². The van der Waals surface area contributed by atoms with E-state index in [2.05, 4.69) is 44.3 Å². The molecule has 0 saturated heterocycles. The molecule has 0 aromatic heterocycles. The van der Waals surface area contributed by atoms with Gasteiger partial charge < -0.3 is 10.1 Å². The minimum Gasteiger partial charge on any atom is -0.493 e. The molecule has 0 amide bonds. The van der Waals surface area contributed by atoms with Crippen LogP contribution < -0.4 is 10.1 Å². The highest BCUT2D eigenvalue weighted by Crippen LogP contribution is 2.38. The van der Waals surface area contributed by atoms with Crippen LogP contribution in [-0.2, 0) is 6.42 Å². The first-order valence-corrected chi connectivity index (χ1v) is 8.04. The third-order valence-electron chi connectivity index (χ3n) is 5.01. The van der Waals surface area contributed by atoms with Crippen molar-refractivity contribution in [1.29, 1.82) is 0 Å². The summed E-state index contributed by atoms with van der Waals surface area (Å²) in [7, 11) is 0. The average Bonchev–Trinajstić information content (AvgIpc) is 2.86. The number of hydrogen-bond acceptors (Lipinski definition) is 2. The lowest BCUT2D eigenvalue weighted by Crippen LogP contribution is -2.31. The predicted molar refractivity (Wildman–Crippen MR) is 84.5 cm³/mol. The molecular formula is C18H27NO.